The highest BCUT2D eigenvalue weighted by Gasteiger charge is 2.53. The van der Waals surface area contributed by atoms with Gasteiger partial charge in [0.25, 0.3) is 0 Å². The van der Waals surface area contributed by atoms with Crippen LogP contribution in [0.15, 0.2) is 71.8 Å². The summed E-state index contributed by atoms with van der Waals surface area (Å²) < 4.78 is 10.8. The van der Waals surface area contributed by atoms with E-state index in [0.29, 0.717) is 11.7 Å². The van der Waals surface area contributed by atoms with Crippen molar-refractivity contribution in [2.45, 2.75) is 30.6 Å². The lowest BCUT2D eigenvalue weighted by Gasteiger charge is -2.24. The van der Waals surface area contributed by atoms with Gasteiger partial charge in [-0.2, -0.15) is 0 Å². The first-order valence-electron chi connectivity index (χ1n) is 9.74. The molecule has 142 valence electrons. The van der Waals surface area contributed by atoms with E-state index in [1.165, 1.54) is 5.56 Å². The van der Waals surface area contributed by atoms with E-state index >= 15 is 0 Å². The van der Waals surface area contributed by atoms with E-state index in [9.17, 15) is 4.79 Å². The highest BCUT2D eigenvalue weighted by atomic mass is 16.5. The van der Waals surface area contributed by atoms with Crippen LogP contribution in [0.1, 0.15) is 36.3 Å². The molecule has 1 saturated heterocycles. The molecule has 5 heteroatoms. The lowest BCUT2D eigenvalue weighted by Crippen LogP contribution is -2.37. The minimum Gasteiger partial charge on any atom is -0.469 e. The molecule has 2 fully saturated rings. The molecule has 1 aromatic carbocycles. The summed E-state index contributed by atoms with van der Waals surface area (Å²) in [5, 5.41) is 0. The largest absolute Gasteiger partial charge is 0.469 e. The monoisotopic (exact) mass is 374 g/mol. The van der Waals surface area contributed by atoms with Gasteiger partial charge in [-0.05, 0) is 54.7 Å². The molecule has 2 aromatic heterocycles. The van der Waals surface area contributed by atoms with Gasteiger partial charge in [-0.3, -0.25) is 9.78 Å². The number of likely N-dealkylation sites (tertiary alicyclic amines) is 1. The molecular weight excluding hydrogens is 352 g/mol. The average Bonchev–Trinajstić information content (AvgIpc) is 3.14. The zero-order valence-corrected chi connectivity index (χ0v) is 15.6. The molecule has 5 rings (SSSR count). The molecule has 1 saturated carbocycles. The maximum Gasteiger partial charge on any atom is 0.233 e. The quantitative estimate of drug-likeness (QED) is 0.659. The topological polar surface area (TPSA) is 55.6 Å². The number of hydrogen-bond acceptors (Lipinski definition) is 4. The van der Waals surface area contributed by atoms with E-state index in [-0.39, 0.29) is 11.3 Å². The number of amides is 1. The molecule has 1 amide bonds. The van der Waals surface area contributed by atoms with Crippen LogP contribution >= 0.6 is 0 Å². The SMILES string of the molecule is O=C(N1CCC(c2ccncc2)C1)C1(c2ccc(Oc3ccoc3)cc2)CC1. The molecule has 0 radical (unpaired) electrons. The van der Waals surface area contributed by atoms with Gasteiger partial charge in [-0.1, -0.05) is 12.1 Å². The third kappa shape index (κ3) is 3.07. The van der Waals surface area contributed by atoms with Crippen LogP contribution in [0.25, 0.3) is 0 Å². The maximum atomic E-state index is 13.3. The molecule has 0 N–H and O–H groups in total. The standard InChI is InChI=1S/C23H22N2O3/c26-22(25-13-7-18(15-25)17-5-11-24-12-6-17)23(9-10-23)19-1-3-20(4-2-19)28-21-8-14-27-16-21/h1-6,8,11-12,14,16,18H,7,9-10,13,15H2. The fourth-order valence-electron chi connectivity index (χ4n) is 4.19. The molecule has 1 aliphatic heterocycles. The molecule has 1 unspecified atom stereocenters. The molecule has 2 aliphatic rings. The Balaban J connectivity index is 1.28. The molecule has 0 bridgehead atoms. The Morgan fingerprint density at radius 1 is 1.07 bits per heavy atom. The highest BCUT2D eigenvalue weighted by Crippen LogP contribution is 2.50. The Bertz CT molecular complexity index is 947. The normalized spacial score (nSPS) is 20.1. The van der Waals surface area contributed by atoms with Gasteiger partial charge in [0.05, 0.1) is 11.7 Å². The summed E-state index contributed by atoms with van der Waals surface area (Å²) in [5.41, 5.74) is 2.02. The summed E-state index contributed by atoms with van der Waals surface area (Å²) in [6, 6.07) is 13.8. The second-order valence-corrected chi connectivity index (χ2v) is 7.68. The van der Waals surface area contributed by atoms with Crippen molar-refractivity contribution in [2.24, 2.45) is 0 Å². The first-order valence-corrected chi connectivity index (χ1v) is 9.74. The second kappa shape index (κ2) is 6.82. The molecule has 0 spiro atoms. The fraction of sp³-hybridized carbons (Fsp3) is 0.304. The van der Waals surface area contributed by atoms with Crippen molar-refractivity contribution in [2.75, 3.05) is 13.1 Å². The van der Waals surface area contributed by atoms with Crippen LogP contribution in [-0.2, 0) is 10.2 Å². The Labute approximate surface area is 164 Å². The van der Waals surface area contributed by atoms with E-state index < -0.39 is 0 Å². The fourth-order valence-corrected chi connectivity index (χ4v) is 4.19. The summed E-state index contributed by atoms with van der Waals surface area (Å²) >= 11 is 0. The third-order valence-electron chi connectivity index (χ3n) is 5.95. The Kier molecular flexibility index (Phi) is 4.15. The molecular formula is C23H22N2O3. The number of ether oxygens (including phenoxy) is 1. The van der Waals surface area contributed by atoms with Crippen LogP contribution in [0.3, 0.4) is 0 Å². The van der Waals surface area contributed by atoms with Crippen molar-refractivity contribution in [3.8, 4) is 11.5 Å². The first kappa shape index (κ1) is 17.0. The number of aromatic nitrogens is 1. The van der Waals surface area contributed by atoms with Gasteiger partial charge in [0.1, 0.15) is 12.0 Å². The van der Waals surface area contributed by atoms with E-state index in [1.54, 1.807) is 18.6 Å². The van der Waals surface area contributed by atoms with Gasteiger partial charge in [0.2, 0.25) is 5.91 Å². The van der Waals surface area contributed by atoms with Crippen LogP contribution < -0.4 is 4.74 Å². The van der Waals surface area contributed by atoms with Gasteiger partial charge in [0, 0.05) is 37.5 Å². The van der Waals surface area contributed by atoms with Gasteiger partial charge in [-0.15, -0.1) is 0 Å². The first-order chi connectivity index (χ1) is 13.7. The van der Waals surface area contributed by atoms with Crippen molar-refractivity contribution >= 4 is 5.91 Å². The minimum absolute atomic E-state index is 0.271. The number of rotatable bonds is 5. The van der Waals surface area contributed by atoms with Crippen LogP contribution in [0.5, 0.6) is 11.5 Å². The highest BCUT2D eigenvalue weighted by molar-refractivity contribution is 5.91. The number of pyridine rings is 1. The predicted octanol–water partition coefficient (Wildman–Crippen LogP) is 4.51. The zero-order chi connectivity index (χ0) is 19.0. The molecule has 1 aliphatic carbocycles. The predicted molar refractivity (Wildman–Crippen MR) is 104 cm³/mol. The number of benzene rings is 1. The summed E-state index contributed by atoms with van der Waals surface area (Å²) in [5.74, 6) is 2.09. The van der Waals surface area contributed by atoms with E-state index in [0.717, 1.165) is 43.7 Å². The summed E-state index contributed by atoms with van der Waals surface area (Å²) in [6.45, 7) is 1.63. The van der Waals surface area contributed by atoms with Crippen molar-refractivity contribution < 1.29 is 13.9 Å². The van der Waals surface area contributed by atoms with Crippen LogP contribution in [-0.4, -0.2) is 28.9 Å². The van der Waals surface area contributed by atoms with Crippen LogP contribution in [0, 0.1) is 0 Å². The Morgan fingerprint density at radius 2 is 1.86 bits per heavy atom. The Morgan fingerprint density at radius 3 is 2.54 bits per heavy atom. The van der Waals surface area contributed by atoms with Crippen molar-refractivity contribution in [1.82, 2.24) is 9.88 Å². The summed E-state index contributed by atoms with van der Waals surface area (Å²) in [7, 11) is 0. The third-order valence-corrected chi connectivity index (χ3v) is 5.95. The number of nitrogens with zero attached hydrogens (tertiary/aromatic N) is 2. The lowest BCUT2D eigenvalue weighted by atomic mass is 9.94. The molecule has 3 heterocycles. The van der Waals surface area contributed by atoms with Gasteiger partial charge in [-0.25, -0.2) is 0 Å². The molecule has 5 nitrogen and oxygen atoms in total. The maximum absolute atomic E-state index is 13.3. The van der Waals surface area contributed by atoms with Crippen LogP contribution in [0.4, 0.5) is 0 Å². The van der Waals surface area contributed by atoms with Crippen molar-refractivity contribution in [1.29, 1.82) is 0 Å². The van der Waals surface area contributed by atoms with E-state index in [2.05, 4.69) is 17.1 Å². The average molecular weight is 374 g/mol. The smallest absolute Gasteiger partial charge is 0.233 e. The number of hydrogen-bond donors (Lipinski definition) is 0. The van der Waals surface area contributed by atoms with E-state index in [4.69, 9.17) is 9.15 Å². The van der Waals surface area contributed by atoms with Crippen molar-refractivity contribution in [3.63, 3.8) is 0 Å². The van der Waals surface area contributed by atoms with Crippen LogP contribution in [0.2, 0.25) is 0 Å². The van der Waals surface area contributed by atoms with Gasteiger partial charge in [0.15, 0.2) is 5.75 Å². The molecule has 3 aromatic rings. The number of furan rings is 1. The second-order valence-electron chi connectivity index (χ2n) is 7.68. The summed E-state index contributed by atoms with van der Waals surface area (Å²) in [6.07, 6.45) is 9.66. The van der Waals surface area contributed by atoms with Gasteiger partial charge >= 0.3 is 0 Å². The lowest BCUT2D eigenvalue weighted by molar-refractivity contribution is -0.132. The molecule has 28 heavy (non-hydrogen) atoms. The zero-order valence-electron chi connectivity index (χ0n) is 15.6. The number of carbonyl (C=O) groups is 1. The van der Waals surface area contributed by atoms with E-state index in [1.807, 2.05) is 41.6 Å². The molecule has 1 atom stereocenters. The number of carbonyl (C=O) groups excluding carboxylic acids is 1. The Hall–Kier alpha value is -3.08. The van der Waals surface area contributed by atoms with Gasteiger partial charge < -0.3 is 14.1 Å². The summed E-state index contributed by atoms with van der Waals surface area (Å²) in [4.78, 5) is 19.5. The minimum atomic E-state index is -0.346. The van der Waals surface area contributed by atoms with Crippen molar-refractivity contribution in [3.05, 3.63) is 78.5 Å².